The number of esters is 4. The number of hydrogen-bond acceptors (Lipinski definition) is 30. The molecule has 11 aliphatic rings. The summed E-state index contributed by atoms with van der Waals surface area (Å²) in [6.45, 7) is 11.7. The van der Waals surface area contributed by atoms with Gasteiger partial charge in [0.1, 0.15) is 100 Å². The van der Waals surface area contributed by atoms with Crippen molar-refractivity contribution in [1.82, 2.24) is 0 Å². The van der Waals surface area contributed by atoms with Crippen LogP contribution in [-0.4, -0.2) is 237 Å². The molecule has 0 saturated carbocycles. The summed E-state index contributed by atoms with van der Waals surface area (Å²) in [7, 11) is 0. The zero-order valence-corrected chi connectivity index (χ0v) is 60.9. The molecule has 22 atom stereocenters. The van der Waals surface area contributed by atoms with E-state index in [1.807, 2.05) is 0 Å². The van der Waals surface area contributed by atoms with Crippen molar-refractivity contribution in [1.29, 1.82) is 0 Å². The van der Waals surface area contributed by atoms with Crippen LogP contribution < -0.4 is 0 Å². The number of Topliss-reactive ketones (excluding diaryl/α,β-unsaturated/α-hetero) is 4. The molecule has 6 heterocycles. The third kappa shape index (κ3) is 12.6. The molecule has 30 heteroatoms. The third-order valence-electron chi connectivity index (χ3n) is 23.8. The molecule has 8 bridgehead atoms. The summed E-state index contributed by atoms with van der Waals surface area (Å²) < 4.78 is 47.5. The van der Waals surface area contributed by atoms with Gasteiger partial charge in [-0.2, -0.15) is 0 Å². The number of rotatable bonds is 10. The molecule has 582 valence electrons. The first-order valence-corrected chi connectivity index (χ1v) is 35.3. The van der Waals surface area contributed by atoms with Crippen LogP contribution in [0.15, 0.2) is 164 Å². The Morgan fingerprint density at radius 2 is 0.750 bits per heavy atom. The van der Waals surface area contributed by atoms with Crippen molar-refractivity contribution in [3.05, 3.63) is 164 Å². The highest BCUT2D eigenvalue weighted by molar-refractivity contribution is 6.29. The molecule has 0 aromatic heterocycles. The summed E-state index contributed by atoms with van der Waals surface area (Å²) in [6.07, 6.45) is -0.316. The molecule has 0 aromatic rings. The number of carbonyl (C=O) groups excluding carboxylic acids is 9. The minimum Gasteiger partial charge on any atom is -0.507 e. The summed E-state index contributed by atoms with van der Waals surface area (Å²) in [6, 6.07) is 0. The zero-order valence-electron chi connectivity index (χ0n) is 60.9. The van der Waals surface area contributed by atoms with Crippen molar-refractivity contribution in [2.45, 2.75) is 179 Å². The molecule has 6 fully saturated rings. The van der Waals surface area contributed by atoms with Crippen molar-refractivity contribution in [2.75, 3.05) is 33.0 Å². The summed E-state index contributed by atoms with van der Waals surface area (Å²) in [4.78, 5) is 132. The lowest BCUT2D eigenvalue weighted by molar-refractivity contribution is -0.299. The average Bonchev–Trinajstić information content (AvgIpc) is 1.55. The normalized spacial score (nSPS) is 46.0. The van der Waals surface area contributed by atoms with Gasteiger partial charge in [-0.3, -0.25) is 24.0 Å². The Hall–Kier alpha value is -8.73. The molecule has 11 rings (SSSR count). The Morgan fingerprint density at radius 3 is 1.10 bits per heavy atom. The summed E-state index contributed by atoms with van der Waals surface area (Å²) in [5.41, 5.74) is -19.5. The van der Waals surface area contributed by atoms with Gasteiger partial charge in [0.2, 0.25) is 23.1 Å². The Balaban J connectivity index is 1.07. The molecule has 108 heavy (non-hydrogen) atoms. The molecule has 30 nitrogen and oxygen atoms in total. The summed E-state index contributed by atoms with van der Waals surface area (Å²) in [5, 5.41) is 143. The molecule has 0 amide bonds. The number of aliphatic hydroxyl groups excluding tert-OH is 13. The van der Waals surface area contributed by atoms with Crippen molar-refractivity contribution >= 4 is 53.3 Å². The van der Waals surface area contributed by atoms with Crippen LogP contribution in [0, 0.1) is 45.3 Å². The van der Waals surface area contributed by atoms with Crippen LogP contribution in [0.25, 0.3) is 0 Å². The van der Waals surface area contributed by atoms with Crippen LogP contribution in [0.5, 0.6) is 0 Å². The van der Waals surface area contributed by atoms with E-state index in [0.29, 0.717) is 23.0 Å². The van der Waals surface area contributed by atoms with E-state index in [2.05, 4.69) is 0 Å². The summed E-state index contributed by atoms with van der Waals surface area (Å²) >= 11 is 0. The highest BCUT2D eigenvalue weighted by Crippen LogP contribution is 2.59. The monoisotopic (exact) mass is 1510 g/mol. The fourth-order valence-corrected chi connectivity index (χ4v) is 16.9. The van der Waals surface area contributed by atoms with Crippen LogP contribution in [-0.2, 0) is 81.0 Å². The van der Waals surface area contributed by atoms with E-state index in [1.54, 1.807) is 27.7 Å². The van der Waals surface area contributed by atoms with Gasteiger partial charge in [0.25, 0.3) is 0 Å². The van der Waals surface area contributed by atoms with Crippen LogP contribution in [0.3, 0.4) is 0 Å². The van der Waals surface area contributed by atoms with Gasteiger partial charge in [-0.25, -0.2) is 19.2 Å². The summed E-state index contributed by atoms with van der Waals surface area (Å²) in [5.74, 6) is -16.7. The largest absolute Gasteiger partial charge is 0.507 e. The number of allylic oxidation sites excluding steroid dienone is 9. The first-order chi connectivity index (χ1) is 50.6. The topological polar surface area (TPSA) is 490 Å². The van der Waals surface area contributed by atoms with Gasteiger partial charge >= 0.3 is 23.9 Å². The van der Waals surface area contributed by atoms with Crippen molar-refractivity contribution < 1.29 is 147 Å². The molecule has 0 aromatic carbocycles. The second-order valence-electron chi connectivity index (χ2n) is 30.9. The maximum atomic E-state index is 15.5. The standard InChI is InChI=1S/C78H90O30/c1-35-13-11-17-71(7)27-43(33-101-69-59(91)57(89)55(87)47(31-81)103-69)39(5)23-75(71)61(93)49(65(97)105-75)46(84)16-20-74(10)26-42(30-80)38(4)22-78(74)64(96)52(68(100)108-78)54(86)36(2)14-12-18-72(8)28-44(34-102-70-60(92)58(90)56(88)48(32-82)104-70)40(6)24-76(72)62(94)50(66(98)106-76)45(83)15-19-73(9)25-41(29-79)37(3)21-77(73)63(95)51(53(35)85)67(99)107-77/h11-20,25-29,37-40,47-48,55-60,69-70,80-92H,21-24,30-34H2,1-10H3/b17-11+,18-12+,19-15+,20-16+,35-13+,36-14+,49-46+,50-45-,53-51-,54-52+/t37?,38?,39?,40?,47-,48-,55+,56+,57+,58+,59-,60-,69+,70+,71?,72?,73?,74?,75?,76?,77?,78?/m1/s1. The predicted molar refractivity (Wildman–Crippen MR) is 370 cm³/mol. The highest BCUT2D eigenvalue weighted by atomic mass is 16.7. The second kappa shape index (κ2) is 28.9. The first-order valence-electron chi connectivity index (χ1n) is 35.3. The van der Waals surface area contributed by atoms with Gasteiger partial charge in [-0.1, -0.05) is 101 Å². The lowest BCUT2D eigenvalue weighted by Gasteiger charge is -2.46. The first kappa shape index (κ1) is 80.3. The number of carbonyl (C=O) groups is 9. The smallest absolute Gasteiger partial charge is 0.346 e. The van der Waals surface area contributed by atoms with Crippen LogP contribution in [0.4, 0.5) is 0 Å². The minimum atomic E-state index is -2.33. The van der Waals surface area contributed by atoms with Crippen molar-refractivity contribution in [2.24, 2.45) is 45.3 Å². The van der Waals surface area contributed by atoms with E-state index < -0.39 is 261 Å². The Labute approximate surface area is 619 Å². The van der Waals surface area contributed by atoms with E-state index >= 15 is 19.2 Å². The van der Waals surface area contributed by atoms with E-state index in [1.165, 1.54) is 108 Å². The van der Waals surface area contributed by atoms with E-state index in [9.17, 15) is 90.4 Å². The molecule has 12 unspecified atom stereocenters. The van der Waals surface area contributed by atoms with Crippen molar-refractivity contribution in [3.63, 3.8) is 0 Å². The van der Waals surface area contributed by atoms with Gasteiger partial charge in [0.05, 0.1) is 54.7 Å². The van der Waals surface area contributed by atoms with Gasteiger partial charge in [-0.15, -0.1) is 0 Å². The molecule has 6 aliphatic heterocycles. The lowest BCUT2D eigenvalue weighted by Crippen LogP contribution is -2.59. The fourth-order valence-electron chi connectivity index (χ4n) is 16.9. The Bertz CT molecular complexity index is 4330. The Morgan fingerprint density at radius 1 is 0.435 bits per heavy atom. The molecule has 5 aliphatic carbocycles. The molecule has 0 radical (unpaired) electrons. The van der Waals surface area contributed by atoms with Crippen LogP contribution in [0.1, 0.15) is 94.9 Å². The van der Waals surface area contributed by atoms with Gasteiger partial charge < -0.3 is 104 Å². The number of ketones is 4. The van der Waals surface area contributed by atoms with Crippen molar-refractivity contribution in [3.8, 4) is 0 Å². The molecule has 4 spiro atoms. The lowest BCUT2D eigenvalue weighted by atomic mass is 9.60. The fraction of sp³-hybridized carbons (Fsp3) is 0.526. The number of aldehydes is 1. The van der Waals surface area contributed by atoms with Gasteiger partial charge in [0, 0.05) is 25.7 Å². The predicted octanol–water partition coefficient (Wildman–Crippen LogP) is 2.54. The highest BCUT2D eigenvalue weighted by Gasteiger charge is 2.69. The van der Waals surface area contributed by atoms with Gasteiger partial charge in [0.15, 0.2) is 35.0 Å². The third-order valence-corrected chi connectivity index (χ3v) is 23.8. The number of ether oxygens (including phenoxy) is 8. The molecular formula is C78H90O30. The zero-order chi connectivity index (χ0) is 79.4. The van der Waals surface area contributed by atoms with E-state index in [-0.39, 0.29) is 36.0 Å². The number of hydrogen-bond donors (Lipinski definition) is 13. The van der Waals surface area contributed by atoms with E-state index in [0.717, 1.165) is 18.2 Å². The maximum absolute atomic E-state index is 15.5. The quantitative estimate of drug-likeness (QED) is 0.0491. The van der Waals surface area contributed by atoms with Gasteiger partial charge in [-0.05, 0) is 111 Å². The van der Waals surface area contributed by atoms with Crippen LogP contribution >= 0.6 is 0 Å². The van der Waals surface area contributed by atoms with E-state index in [4.69, 9.17) is 37.9 Å². The molecule has 13 N–H and O–H groups in total. The van der Waals surface area contributed by atoms with Crippen LogP contribution in [0.2, 0.25) is 0 Å². The average molecular weight is 1510 g/mol. The Kier molecular flexibility index (Phi) is 21.5. The number of aliphatic hydroxyl groups is 13. The maximum Gasteiger partial charge on any atom is 0.346 e. The number of fused-ring (bicyclic) bond motifs is 4. The molecular weight excluding hydrogens is 1420 g/mol. The molecule has 6 saturated heterocycles. The SMILES string of the molecule is CC1=C\C=C\C2(C)C=C(CO[C@H]3O[C@H](CO)[C@H](O)[C@H](O)[C@H]3O)C(C)CC23OC(=O)/C(=C(O)\C=C\C2(C)C=C(CO)C(C)CC24OC(=O)\C(=C(O)/C(C)=C/C=C/C2(C)C=C(CO[C@H]5O[C@H](CO)[C@H](O)[C@H](O)[C@H]5O)C(C)CC25OC(=O)/C(=C(O)/C=C/C2(C)C=C(C=O)C(C)CC26OC(=O)\C(=C\1O)C6=O)C5=O)C4=O)C3=O. The minimum absolute atomic E-state index is 0.0906. The second-order valence-corrected chi connectivity index (χ2v) is 30.9.